The van der Waals surface area contributed by atoms with Gasteiger partial charge < -0.3 is 9.47 Å². The molecule has 1 atom stereocenters. The van der Waals surface area contributed by atoms with Crippen molar-refractivity contribution in [3.63, 3.8) is 0 Å². The maximum Gasteiger partial charge on any atom is 0.245 e. The van der Waals surface area contributed by atoms with E-state index in [1.165, 1.54) is 0 Å². The molecule has 0 radical (unpaired) electrons. The summed E-state index contributed by atoms with van der Waals surface area (Å²) in [6.07, 6.45) is 2.90. The Kier molecular flexibility index (Phi) is 7.18. The standard InChI is InChI=1S/C23H24Cl2N2O/c1-2-13-27(23(28)22(25)19-9-4-3-5-10-19)17-21-12-7-14-26(21)16-18-8-6-11-20(24)15-18/h3-12,14-15,22H,2,13,16-17H2,1H3/t22-/m1/s1. The van der Waals surface area contributed by atoms with Crippen molar-refractivity contribution >= 4 is 29.1 Å². The van der Waals surface area contributed by atoms with Crippen LogP contribution in [-0.4, -0.2) is 21.9 Å². The zero-order chi connectivity index (χ0) is 19.9. The molecule has 1 amide bonds. The van der Waals surface area contributed by atoms with Gasteiger partial charge in [-0.25, -0.2) is 0 Å². The lowest BCUT2D eigenvalue weighted by molar-refractivity contribution is -0.131. The van der Waals surface area contributed by atoms with Gasteiger partial charge in [0.25, 0.3) is 0 Å². The molecule has 0 unspecified atom stereocenters. The number of rotatable bonds is 8. The first-order chi connectivity index (χ1) is 13.6. The van der Waals surface area contributed by atoms with Gasteiger partial charge in [0.15, 0.2) is 0 Å². The molecule has 3 rings (SSSR count). The van der Waals surface area contributed by atoms with Gasteiger partial charge in [-0.1, -0.05) is 61.0 Å². The van der Waals surface area contributed by atoms with E-state index in [-0.39, 0.29) is 5.91 Å². The number of hydrogen-bond acceptors (Lipinski definition) is 1. The number of benzene rings is 2. The van der Waals surface area contributed by atoms with E-state index in [9.17, 15) is 4.79 Å². The topological polar surface area (TPSA) is 25.2 Å². The zero-order valence-electron chi connectivity index (χ0n) is 15.9. The molecule has 0 saturated carbocycles. The molecule has 0 saturated heterocycles. The Morgan fingerprint density at radius 3 is 2.57 bits per heavy atom. The van der Waals surface area contributed by atoms with Crippen molar-refractivity contribution in [3.8, 4) is 0 Å². The lowest BCUT2D eigenvalue weighted by Crippen LogP contribution is -2.34. The van der Waals surface area contributed by atoms with E-state index in [1.807, 2.05) is 71.8 Å². The summed E-state index contributed by atoms with van der Waals surface area (Å²) in [7, 11) is 0. The van der Waals surface area contributed by atoms with Gasteiger partial charge in [-0.05, 0) is 41.8 Å². The van der Waals surface area contributed by atoms with Crippen LogP contribution >= 0.6 is 23.2 Å². The highest BCUT2D eigenvalue weighted by atomic mass is 35.5. The fourth-order valence-electron chi connectivity index (χ4n) is 3.24. The van der Waals surface area contributed by atoms with Crippen molar-refractivity contribution in [2.45, 2.75) is 31.8 Å². The number of halogens is 2. The molecule has 1 aromatic heterocycles. The number of hydrogen-bond donors (Lipinski definition) is 0. The summed E-state index contributed by atoms with van der Waals surface area (Å²) >= 11 is 12.6. The van der Waals surface area contributed by atoms with Crippen LogP contribution in [-0.2, 0) is 17.9 Å². The maximum absolute atomic E-state index is 13.0. The van der Waals surface area contributed by atoms with Crippen LogP contribution in [0.25, 0.3) is 0 Å². The predicted octanol–water partition coefficient (Wildman–Crippen LogP) is 5.91. The monoisotopic (exact) mass is 414 g/mol. The second-order valence-corrected chi connectivity index (χ2v) is 7.66. The van der Waals surface area contributed by atoms with Crippen molar-refractivity contribution < 1.29 is 4.79 Å². The predicted molar refractivity (Wildman–Crippen MR) is 116 cm³/mol. The van der Waals surface area contributed by atoms with E-state index in [0.717, 1.165) is 28.3 Å². The molecule has 3 aromatic rings. The average molecular weight is 415 g/mol. The quantitative estimate of drug-likeness (QED) is 0.420. The molecule has 146 valence electrons. The fourth-order valence-corrected chi connectivity index (χ4v) is 3.73. The second kappa shape index (κ2) is 9.81. The molecule has 0 aliphatic rings. The largest absolute Gasteiger partial charge is 0.345 e. The van der Waals surface area contributed by atoms with E-state index < -0.39 is 5.38 Å². The van der Waals surface area contributed by atoms with Crippen LogP contribution in [0.5, 0.6) is 0 Å². The number of alkyl halides is 1. The van der Waals surface area contributed by atoms with Crippen LogP contribution < -0.4 is 0 Å². The highest BCUT2D eigenvalue weighted by Gasteiger charge is 2.24. The number of carbonyl (C=O) groups excluding carboxylic acids is 1. The van der Waals surface area contributed by atoms with Crippen LogP contribution in [0.15, 0.2) is 72.9 Å². The SMILES string of the molecule is CCCN(Cc1cccn1Cc1cccc(Cl)c1)C(=O)[C@H](Cl)c1ccccc1. The van der Waals surface area contributed by atoms with E-state index in [2.05, 4.69) is 17.6 Å². The van der Waals surface area contributed by atoms with Gasteiger partial charge in [0.05, 0.1) is 6.54 Å². The number of amides is 1. The number of aromatic nitrogens is 1. The first-order valence-corrected chi connectivity index (χ1v) is 10.3. The third-order valence-corrected chi connectivity index (χ3v) is 5.31. The molecule has 3 nitrogen and oxygen atoms in total. The molecule has 0 N–H and O–H groups in total. The minimum atomic E-state index is -0.677. The summed E-state index contributed by atoms with van der Waals surface area (Å²) in [4.78, 5) is 14.9. The van der Waals surface area contributed by atoms with Crippen molar-refractivity contribution in [2.75, 3.05) is 6.54 Å². The molecule has 0 aliphatic carbocycles. The summed E-state index contributed by atoms with van der Waals surface area (Å²) in [6.45, 7) is 3.96. The van der Waals surface area contributed by atoms with Crippen molar-refractivity contribution in [1.82, 2.24) is 9.47 Å². The molecule has 1 heterocycles. The van der Waals surface area contributed by atoms with Gasteiger partial charge in [0.1, 0.15) is 5.38 Å². The first-order valence-electron chi connectivity index (χ1n) is 9.44. The van der Waals surface area contributed by atoms with Crippen LogP contribution in [0.4, 0.5) is 0 Å². The van der Waals surface area contributed by atoms with Crippen LogP contribution in [0.2, 0.25) is 5.02 Å². The van der Waals surface area contributed by atoms with E-state index in [1.54, 1.807) is 0 Å². The van der Waals surface area contributed by atoms with Crippen LogP contribution in [0, 0.1) is 0 Å². The first kappa shape index (κ1) is 20.5. The Balaban J connectivity index is 1.76. The molecule has 28 heavy (non-hydrogen) atoms. The molecule has 2 aromatic carbocycles. The molecule has 5 heteroatoms. The van der Waals surface area contributed by atoms with Crippen molar-refractivity contribution in [2.24, 2.45) is 0 Å². The third-order valence-electron chi connectivity index (χ3n) is 4.63. The molecule has 0 spiro atoms. The number of carbonyl (C=O) groups is 1. The van der Waals surface area contributed by atoms with Crippen LogP contribution in [0.3, 0.4) is 0 Å². The zero-order valence-corrected chi connectivity index (χ0v) is 17.4. The molecular weight excluding hydrogens is 391 g/mol. The van der Waals surface area contributed by atoms with Gasteiger partial charge >= 0.3 is 0 Å². The third kappa shape index (κ3) is 5.18. The summed E-state index contributed by atoms with van der Waals surface area (Å²) in [6, 6.07) is 21.4. The number of nitrogens with zero attached hydrogens (tertiary/aromatic N) is 2. The van der Waals surface area contributed by atoms with Crippen molar-refractivity contribution in [1.29, 1.82) is 0 Å². The maximum atomic E-state index is 13.0. The van der Waals surface area contributed by atoms with Crippen molar-refractivity contribution in [3.05, 3.63) is 94.8 Å². The van der Waals surface area contributed by atoms with Gasteiger partial charge in [-0.3, -0.25) is 4.79 Å². The molecular formula is C23H24Cl2N2O. The Hall–Kier alpha value is -2.23. The lowest BCUT2D eigenvalue weighted by Gasteiger charge is -2.25. The van der Waals surface area contributed by atoms with E-state index in [4.69, 9.17) is 23.2 Å². The highest BCUT2D eigenvalue weighted by Crippen LogP contribution is 2.24. The van der Waals surface area contributed by atoms with Gasteiger partial charge in [-0.2, -0.15) is 0 Å². The van der Waals surface area contributed by atoms with E-state index >= 15 is 0 Å². The van der Waals surface area contributed by atoms with Gasteiger partial charge in [0.2, 0.25) is 5.91 Å². The minimum Gasteiger partial charge on any atom is -0.345 e. The summed E-state index contributed by atoms with van der Waals surface area (Å²) in [5.41, 5.74) is 3.01. The van der Waals surface area contributed by atoms with E-state index in [0.29, 0.717) is 19.6 Å². The Labute approximate surface area is 176 Å². The summed E-state index contributed by atoms with van der Waals surface area (Å²) in [5.74, 6) is -0.0646. The fraction of sp³-hybridized carbons (Fsp3) is 0.261. The second-order valence-electron chi connectivity index (χ2n) is 6.79. The normalized spacial score (nSPS) is 12.0. The average Bonchev–Trinajstić information content (AvgIpc) is 3.14. The summed E-state index contributed by atoms with van der Waals surface area (Å²) < 4.78 is 2.15. The lowest BCUT2D eigenvalue weighted by atomic mass is 10.1. The Morgan fingerprint density at radius 2 is 1.86 bits per heavy atom. The smallest absolute Gasteiger partial charge is 0.245 e. The Bertz CT molecular complexity index is 908. The van der Waals surface area contributed by atoms with Gasteiger partial charge in [-0.15, -0.1) is 11.6 Å². The molecule has 0 aliphatic heterocycles. The molecule has 0 fully saturated rings. The minimum absolute atomic E-state index is 0.0646. The summed E-state index contributed by atoms with van der Waals surface area (Å²) in [5, 5.41) is 0.0472. The molecule has 0 bridgehead atoms. The Morgan fingerprint density at radius 1 is 1.07 bits per heavy atom. The van der Waals surface area contributed by atoms with Crippen LogP contribution in [0.1, 0.15) is 35.5 Å². The van der Waals surface area contributed by atoms with Gasteiger partial charge in [0, 0.05) is 30.0 Å². The highest BCUT2D eigenvalue weighted by molar-refractivity contribution is 6.31.